The van der Waals surface area contributed by atoms with E-state index < -0.39 is 0 Å². The Balaban J connectivity index is 2.20. The van der Waals surface area contributed by atoms with Gasteiger partial charge in [-0.15, -0.1) is 0 Å². The first-order chi connectivity index (χ1) is 12.8. The molecule has 0 fully saturated rings. The molecule has 5 nitrogen and oxygen atoms in total. The van der Waals surface area contributed by atoms with E-state index in [1.54, 1.807) is 20.2 Å². The molecule has 0 bridgehead atoms. The molecule has 0 unspecified atom stereocenters. The van der Waals surface area contributed by atoms with E-state index in [0.717, 1.165) is 28.1 Å². The van der Waals surface area contributed by atoms with Gasteiger partial charge < -0.3 is 10.0 Å². The summed E-state index contributed by atoms with van der Waals surface area (Å²) in [4.78, 5) is 18.7. The summed E-state index contributed by atoms with van der Waals surface area (Å²) in [5, 5.41) is 9.52. The van der Waals surface area contributed by atoms with Crippen molar-refractivity contribution in [1.82, 2.24) is 14.5 Å². The number of aliphatic hydroxyl groups excluding tert-OH is 1. The number of imidazole rings is 1. The van der Waals surface area contributed by atoms with Gasteiger partial charge in [0.15, 0.2) is 0 Å². The van der Waals surface area contributed by atoms with Crippen LogP contribution in [0.25, 0.3) is 16.7 Å². The van der Waals surface area contributed by atoms with Gasteiger partial charge in [-0.25, -0.2) is 4.98 Å². The van der Waals surface area contributed by atoms with Crippen molar-refractivity contribution in [3.8, 4) is 5.69 Å². The van der Waals surface area contributed by atoms with Crippen molar-refractivity contribution in [2.75, 3.05) is 20.7 Å². The highest BCUT2D eigenvalue weighted by atomic mass is 35.5. The monoisotopic (exact) mass is 385 g/mol. The lowest BCUT2D eigenvalue weighted by molar-refractivity contribution is 0.0828. The van der Waals surface area contributed by atoms with Gasteiger partial charge in [-0.3, -0.25) is 9.36 Å². The van der Waals surface area contributed by atoms with Gasteiger partial charge in [-0.2, -0.15) is 0 Å². The van der Waals surface area contributed by atoms with E-state index in [2.05, 4.69) is 18.4 Å². The van der Waals surface area contributed by atoms with Crippen LogP contribution in [-0.2, 0) is 6.42 Å². The lowest BCUT2D eigenvalue weighted by atomic mass is 10.1. The fourth-order valence-corrected chi connectivity index (χ4v) is 3.36. The molecule has 0 spiro atoms. The highest BCUT2D eigenvalue weighted by Gasteiger charge is 2.20. The van der Waals surface area contributed by atoms with Crippen molar-refractivity contribution in [2.45, 2.75) is 26.2 Å². The second-order valence-electron chi connectivity index (χ2n) is 7.12. The Morgan fingerprint density at radius 1 is 1.22 bits per heavy atom. The molecule has 3 rings (SSSR count). The maximum absolute atomic E-state index is 12.4. The fourth-order valence-electron chi connectivity index (χ4n) is 3.12. The van der Waals surface area contributed by atoms with E-state index in [9.17, 15) is 4.79 Å². The number of rotatable bonds is 5. The quantitative estimate of drug-likeness (QED) is 0.721. The second-order valence-corrected chi connectivity index (χ2v) is 7.53. The predicted molar refractivity (Wildman–Crippen MR) is 109 cm³/mol. The van der Waals surface area contributed by atoms with Gasteiger partial charge in [0, 0.05) is 32.3 Å². The summed E-state index contributed by atoms with van der Waals surface area (Å²) < 4.78 is 2.08. The van der Waals surface area contributed by atoms with Crippen LogP contribution in [0.15, 0.2) is 36.4 Å². The molecule has 0 atom stereocenters. The lowest BCUT2D eigenvalue weighted by Gasteiger charge is -2.13. The zero-order valence-corrected chi connectivity index (χ0v) is 16.8. The summed E-state index contributed by atoms with van der Waals surface area (Å²) in [6.45, 7) is 4.31. The van der Waals surface area contributed by atoms with Crippen LogP contribution in [0.1, 0.15) is 41.5 Å². The number of aliphatic hydroxyl groups is 1. The third-order valence-electron chi connectivity index (χ3n) is 4.52. The zero-order chi connectivity index (χ0) is 19.7. The Morgan fingerprint density at radius 2 is 1.89 bits per heavy atom. The number of aromatic nitrogens is 2. The van der Waals surface area contributed by atoms with Crippen molar-refractivity contribution in [3.05, 3.63) is 58.4 Å². The number of hydrogen-bond acceptors (Lipinski definition) is 3. The van der Waals surface area contributed by atoms with E-state index in [4.69, 9.17) is 21.7 Å². The van der Waals surface area contributed by atoms with Crippen molar-refractivity contribution in [3.63, 3.8) is 0 Å². The third-order valence-corrected chi connectivity index (χ3v) is 4.83. The molecular formula is C21H24ClN3O2. The average Bonchev–Trinajstić information content (AvgIpc) is 3.00. The molecule has 0 aliphatic heterocycles. The van der Waals surface area contributed by atoms with E-state index >= 15 is 0 Å². The molecule has 1 aromatic heterocycles. The first kappa shape index (κ1) is 19.4. The van der Waals surface area contributed by atoms with Crippen LogP contribution < -0.4 is 0 Å². The maximum Gasteiger partial charge on any atom is 0.254 e. The van der Waals surface area contributed by atoms with Gasteiger partial charge in [-0.05, 0) is 36.2 Å². The molecule has 3 aromatic rings. The van der Waals surface area contributed by atoms with Gasteiger partial charge in [-0.1, -0.05) is 37.6 Å². The Bertz CT molecular complexity index is 975. The molecule has 1 heterocycles. The first-order valence-corrected chi connectivity index (χ1v) is 9.35. The van der Waals surface area contributed by atoms with Crippen molar-refractivity contribution in [1.29, 1.82) is 0 Å². The standard InChI is InChI=1S/C21H24ClN3O2/c1-13(2)20-23-18-11-16(21(27)24(3)4)17(22)12-19(18)25(20)15-7-5-14(6-8-15)9-10-26/h5-8,11-13,26H,9-10H2,1-4H3. The smallest absolute Gasteiger partial charge is 0.254 e. The molecule has 6 heteroatoms. The van der Waals surface area contributed by atoms with Crippen molar-refractivity contribution < 1.29 is 9.90 Å². The third kappa shape index (κ3) is 3.70. The molecule has 1 N–H and O–H groups in total. The van der Waals surface area contributed by atoms with Gasteiger partial charge in [0.25, 0.3) is 5.91 Å². The van der Waals surface area contributed by atoms with Gasteiger partial charge in [0.1, 0.15) is 5.82 Å². The van der Waals surface area contributed by atoms with E-state index in [-0.39, 0.29) is 18.4 Å². The summed E-state index contributed by atoms with van der Waals surface area (Å²) in [6, 6.07) is 11.6. The number of nitrogens with zero attached hydrogens (tertiary/aromatic N) is 3. The largest absolute Gasteiger partial charge is 0.396 e. The molecular weight excluding hydrogens is 362 g/mol. The Labute approximate surface area is 164 Å². The van der Waals surface area contributed by atoms with Gasteiger partial charge >= 0.3 is 0 Å². The maximum atomic E-state index is 12.4. The summed E-state index contributed by atoms with van der Waals surface area (Å²) >= 11 is 6.44. The summed E-state index contributed by atoms with van der Waals surface area (Å²) in [7, 11) is 3.41. The predicted octanol–water partition coefficient (Wildman–Crippen LogP) is 4.04. The Kier molecular flexibility index (Phi) is 5.53. The van der Waals surface area contributed by atoms with Crippen LogP contribution in [-0.4, -0.2) is 46.2 Å². The zero-order valence-electron chi connectivity index (χ0n) is 16.0. The molecule has 2 aromatic carbocycles. The number of hydrogen-bond donors (Lipinski definition) is 1. The van der Waals surface area contributed by atoms with Crippen LogP contribution in [0.3, 0.4) is 0 Å². The SMILES string of the molecule is CC(C)c1nc2cc(C(=O)N(C)C)c(Cl)cc2n1-c1ccc(CCO)cc1. The fraction of sp³-hybridized carbons (Fsp3) is 0.333. The lowest BCUT2D eigenvalue weighted by Crippen LogP contribution is -2.22. The number of carbonyl (C=O) groups excluding carboxylic acids is 1. The molecule has 0 saturated heterocycles. The minimum Gasteiger partial charge on any atom is -0.396 e. The highest BCUT2D eigenvalue weighted by molar-refractivity contribution is 6.34. The van der Waals surface area contributed by atoms with Crippen LogP contribution in [0.4, 0.5) is 0 Å². The van der Waals surface area contributed by atoms with Crippen molar-refractivity contribution >= 4 is 28.5 Å². The number of benzene rings is 2. The van der Waals surface area contributed by atoms with Crippen LogP contribution in [0, 0.1) is 0 Å². The molecule has 0 aliphatic rings. The summed E-state index contributed by atoms with van der Waals surface area (Å²) in [5.74, 6) is 0.961. The van der Waals surface area contributed by atoms with Crippen LogP contribution >= 0.6 is 11.6 Å². The minimum absolute atomic E-state index is 0.128. The Hall–Kier alpha value is -2.37. The molecule has 1 amide bonds. The highest BCUT2D eigenvalue weighted by Crippen LogP contribution is 2.30. The molecule has 0 aliphatic carbocycles. The molecule has 0 radical (unpaired) electrons. The van der Waals surface area contributed by atoms with Crippen LogP contribution in [0.2, 0.25) is 5.02 Å². The number of halogens is 1. The molecule has 27 heavy (non-hydrogen) atoms. The number of carbonyl (C=O) groups is 1. The van der Waals surface area contributed by atoms with E-state index in [0.29, 0.717) is 17.0 Å². The normalized spacial score (nSPS) is 11.4. The van der Waals surface area contributed by atoms with Crippen molar-refractivity contribution in [2.24, 2.45) is 0 Å². The van der Waals surface area contributed by atoms with E-state index in [1.807, 2.05) is 30.3 Å². The summed E-state index contributed by atoms with van der Waals surface area (Å²) in [6.07, 6.45) is 0.629. The molecule has 0 saturated carbocycles. The topological polar surface area (TPSA) is 58.4 Å². The number of amides is 1. The molecule has 142 valence electrons. The minimum atomic E-state index is -0.143. The van der Waals surface area contributed by atoms with Crippen LogP contribution in [0.5, 0.6) is 0 Å². The number of fused-ring (bicyclic) bond motifs is 1. The van der Waals surface area contributed by atoms with E-state index in [1.165, 1.54) is 4.90 Å². The first-order valence-electron chi connectivity index (χ1n) is 8.97. The second kappa shape index (κ2) is 7.71. The van der Waals surface area contributed by atoms with Gasteiger partial charge in [0.2, 0.25) is 0 Å². The Morgan fingerprint density at radius 3 is 2.44 bits per heavy atom. The average molecular weight is 386 g/mol. The summed E-state index contributed by atoms with van der Waals surface area (Å²) in [5.41, 5.74) is 4.12. The van der Waals surface area contributed by atoms with Gasteiger partial charge in [0.05, 0.1) is 21.6 Å².